The van der Waals surface area contributed by atoms with Gasteiger partial charge in [0.15, 0.2) is 0 Å². The zero-order chi connectivity index (χ0) is 14.4. The minimum Gasteiger partial charge on any atom is -0.497 e. The smallest absolute Gasteiger partial charge is 0.132 e. The number of anilines is 1. The van der Waals surface area contributed by atoms with E-state index in [1.165, 1.54) is 11.6 Å². The Balaban J connectivity index is 1.96. The predicted octanol–water partition coefficient (Wildman–Crippen LogP) is 3.27. The van der Waals surface area contributed by atoms with E-state index in [1.807, 2.05) is 24.3 Å². The van der Waals surface area contributed by atoms with Crippen LogP contribution in [0.4, 0.5) is 5.82 Å². The lowest BCUT2D eigenvalue weighted by atomic mass is 10.1. The highest BCUT2D eigenvalue weighted by Crippen LogP contribution is 2.15. The van der Waals surface area contributed by atoms with E-state index in [9.17, 15) is 0 Å². The summed E-state index contributed by atoms with van der Waals surface area (Å²) in [7, 11) is 1.65. The van der Waals surface area contributed by atoms with Crippen LogP contribution in [-0.2, 0) is 6.42 Å². The van der Waals surface area contributed by atoms with Gasteiger partial charge in [-0.05, 0) is 36.2 Å². The summed E-state index contributed by atoms with van der Waals surface area (Å²) in [4.78, 5) is 4.13. The van der Waals surface area contributed by atoms with Gasteiger partial charge >= 0.3 is 0 Å². The molecular weight excluding hydrogens is 274 g/mol. The molecule has 0 aliphatic carbocycles. The van der Waals surface area contributed by atoms with Crippen LogP contribution in [0.15, 0.2) is 36.4 Å². The largest absolute Gasteiger partial charge is 0.497 e. The summed E-state index contributed by atoms with van der Waals surface area (Å²) in [6, 6.07) is 13.2. The molecule has 1 aromatic heterocycles. The van der Waals surface area contributed by atoms with Crippen LogP contribution in [0.5, 0.6) is 5.75 Å². The molecule has 1 N–H and O–H groups in total. The Bertz CT molecular complexity index is 637. The van der Waals surface area contributed by atoms with Crippen molar-refractivity contribution in [3.05, 3.63) is 52.7 Å². The Morgan fingerprint density at radius 2 is 2.20 bits per heavy atom. The fourth-order valence-electron chi connectivity index (χ4n) is 1.81. The van der Waals surface area contributed by atoms with Gasteiger partial charge in [-0.2, -0.15) is 5.26 Å². The number of benzene rings is 1. The first-order chi connectivity index (χ1) is 9.71. The van der Waals surface area contributed by atoms with Gasteiger partial charge in [-0.25, -0.2) is 4.98 Å². The minimum absolute atomic E-state index is 0.313. The lowest BCUT2D eigenvalue weighted by Crippen LogP contribution is -2.06. The molecule has 1 aromatic carbocycles. The number of nitrogens with one attached hydrogen (secondary N) is 1. The van der Waals surface area contributed by atoms with Crippen LogP contribution in [-0.4, -0.2) is 18.6 Å². The van der Waals surface area contributed by atoms with E-state index in [4.69, 9.17) is 21.6 Å². The molecule has 20 heavy (non-hydrogen) atoms. The summed E-state index contributed by atoms with van der Waals surface area (Å²) < 4.78 is 5.18. The first-order valence-electron chi connectivity index (χ1n) is 6.16. The number of pyridine rings is 1. The van der Waals surface area contributed by atoms with Gasteiger partial charge in [0.1, 0.15) is 16.7 Å². The monoisotopic (exact) mass is 287 g/mol. The molecule has 0 unspecified atom stereocenters. The van der Waals surface area contributed by atoms with Crippen molar-refractivity contribution in [1.29, 1.82) is 5.26 Å². The number of nitriles is 1. The van der Waals surface area contributed by atoms with Crippen molar-refractivity contribution in [3.63, 3.8) is 0 Å². The number of hydrogen-bond donors (Lipinski definition) is 1. The molecule has 0 saturated heterocycles. The standard InChI is InChI=1S/C15H14ClN3O/c1-20-13-4-2-3-11(7-13)5-6-18-15-9-12(10-17)8-14(16)19-15/h2-4,7-9H,5-6H2,1H3,(H,18,19). The van der Waals surface area contributed by atoms with Crippen molar-refractivity contribution < 1.29 is 4.74 Å². The zero-order valence-corrected chi connectivity index (χ0v) is 11.8. The number of ether oxygens (including phenoxy) is 1. The number of methoxy groups -OCH3 is 1. The van der Waals surface area contributed by atoms with Crippen LogP contribution >= 0.6 is 11.6 Å². The van der Waals surface area contributed by atoms with Gasteiger partial charge in [-0.3, -0.25) is 0 Å². The van der Waals surface area contributed by atoms with Crippen LogP contribution in [0.25, 0.3) is 0 Å². The van der Waals surface area contributed by atoms with E-state index in [-0.39, 0.29) is 0 Å². The average Bonchev–Trinajstić information content (AvgIpc) is 2.47. The summed E-state index contributed by atoms with van der Waals surface area (Å²) in [5.41, 5.74) is 1.66. The minimum atomic E-state index is 0.313. The second-order valence-electron chi connectivity index (χ2n) is 4.20. The second kappa shape index (κ2) is 6.78. The van der Waals surface area contributed by atoms with Crippen LogP contribution in [0, 0.1) is 11.3 Å². The van der Waals surface area contributed by atoms with Crippen molar-refractivity contribution in [2.75, 3.05) is 19.0 Å². The Hall–Kier alpha value is -2.25. The zero-order valence-electron chi connectivity index (χ0n) is 11.1. The van der Waals surface area contributed by atoms with Gasteiger partial charge in [0, 0.05) is 6.54 Å². The molecule has 2 aromatic rings. The Morgan fingerprint density at radius 3 is 2.95 bits per heavy atom. The maximum atomic E-state index is 8.87. The molecule has 1 heterocycles. The number of aromatic nitrogens is 1. The maximum absolute atomic E-state index is 8.87. The van der Waals surface area contributed by atoms with Crippen LogP contribution in [0.2, 0.25) is 5.15 Å². The van der Waals surface area contributed by atoms with Gasteiger partial charge in [-0.1, -0.05) is 23.7 Å². The normalized spacial score (nSPS) is 9.85. The molecule has 0 radical (unpaired) electrons. The van der Waals surface area contributed by atoms with Crippen molar-refractivity contribution in [2.24, 2.45) is 0 Å². The van der Waals surface area contributed by atoms with E-state index < -0.39 is 0 Å². The summed E-state index contributed by atoms with van der Waals surface area (Å²) in [5.74, 6) is 1.45. The fraction of sp³-hybridized carbons (Fsp3) is 0.200. The van der Waals surface area contributed by atoms with E-state index in [1.54, 1.807) is 13.2 Å². The molecule has 0 atom stereocenters. The molecule has 0 spiro atoms. The summed E-state index contributed by atoms with van der Waals surface area (Å²) in [6.45, 7) is 0.700. The number of hydrogen-bond acceptors (Lipinski definition) is 4. The van der Waals surface area contributed by atoms with Crippen molar-refractivity contribution >= 4 is 17.4 Å². The summed E-state index contributed by atoms with van der Waals surface area (Å²) in [6.07, 6.45) is 0.827. The highest BCUT2D eigenvalue weighted by Gasteiger charge is 2.01. The van der Waals surface area contributed by atoms with E-state index in [0.29, 0.717) is 23.1 Å². The highest BCUT2D eigenvalue weighted by atomic mass is 35.5. The predicted molar refractivity (Wildman–Crippen MR) is 79.1 cm³/mol. The van der Waals surface area contributed by atoms with Gasteiger partial charge in [0.2, 0.25) is 0 Å². The lowest BCUT2D eigenvalue weighted by molar-refractivity contribution is 0.414. The molecule has 4 nitrogen and oxygen atoms in total. The molecule has 0 saturated carbocycles. The Kier molecular flexibility index (Phi) is 4.80. The molecule has 0 fully saturated rings. The number of halogens is 1. The molecule has 2 rings (SSSR count). The molecule has 0 aliphatic heterocycles. The SMILES string of the molecule is COc1cccc(CCNc2cc(C#N)cc(Cl)n2)c1. The van der Waals surface area contributed by atoms with Gasteiger partial charge in [0.05, 0.1) is 18.7 Å². The topological polar surface area (TPSA) is 57.9 Å². The molecule has 102 valence electrons. The van der Waals surface area contributed by atoms with Gasteiger partial charge in [-0.15, -0.1) is 0 Å². The first kappa shape index (κ1) is 14.2. The Morgan fingerprint density at radius 1 is 1.35 bits per heavy atom. The Labute approximate surface area is 123 Å². The van der Waals surface area contributed by atoms with Crippen LogP contribution in [0.1, 0.15) is 11.1 Å². The second-order valence-corrected chi connectivity index (χ2v) is 4.59. The van der Waals surface area contributed by atoms with Gasteiger partial charge < -0.3 is 10.1 Å². The molecule has 0 amide bonds. The molecular formula is C15H14ClN3O. The average molecular weight is 288 g/mol. The van der Waals surface area contributed by atoms with E-state index in [2.05, 4.69) is 16.4 Å². The third kappa shape index (κ3) is 3.87. The summed E-state index contributed by atoms with van der Waals surface area (Å²) >= 11 is 5.85. The van der Waals surface area contributed by atoms with Gasteiger partial charge in [0.25, 0.3) is 0 Å². The van der Waals surface area contributed by atoms with Crippen LogP contribution in [0.3, 0.4) is 0 Å². The first-order valence-corrected chi connectivity index (χ1v) is 6.53. The van der Waals surface area contributed by atoms with Crippen LogP contribution < -0.4 is 10.1 Å². The number of nitrogens with zero attached hydrogens (tertiary/aromatic N) is 2. The van der Waals surface area contributed by atoms with E-state index >= 15 is 0 Å². The number of rotatable bonds is 5. The van der Waals surface area contributed by atoms with E-state index in [0.717, 1.165) is 12.2 Å². The maximum Gasteiger partial charge on any atom is 0.132 e. The third-order valence-corrected chi connectivity index (χ3v) is 2.97. The fourth-order valence-corrected chi connectivity index (χ4v) is 2.02. The van der Waals surface area contributed by atoms with Crippen molar-refractivity contribution in [2.45, 2.75) is 6.42 Å². The molecule has 0 bridgehead atoms. The molecule has 5 heteroatoms. The van der Waals surface area contributed by atoms with Crippen molar-refractivity contribution in [3.8, 4) is 11.8 Å². The summed E-state index contributed by atoms with van der Waals surface area (Å²) in [5, 5.41) is 12.3. The van der Waals surface area contributed by atoms with Crippen molar-refractivity contribution in [1.82, 2.24) is 4.98 Å². The molecule has 0 aliphatic rings. The lowest BCUT2D eigenvalue weighted by Gasteiger charge is -2.07. The highest BCUT2D eigenvalue weighted by molar-refractivity contribution is 6.29. The quantitative estimate of drug-likeness (QED) is 0.858. The third-order valence-electron chi connectivity index (χ3n) is 2.78.